The summed E-state index contributed by atoms with van der Waals surface area (Å²) in [4.78, 5) is 32.2. The topological polar surface area (TPSA) is 88.9 Å². The molecule has 8 heteroatoms. The van der Waals surface area contributed by atoms with Gasteiger partial charge in [0, 0.05) is 37.1 Å². The molecule has 0 radical (unpaired) electrons. The van der Waals surface area contributed by atoms with Gasteiger partial charge < -0.3 is 10.6 Å². The number of rotatable bonds is 7. The highest BCUT2D eigenvalue weighted by Crippen LogP contribution is 2.19. The Labute approximate surface area is 167 Å². The number of benzene rings is 1. The molecule has 1 atom stereocenters. The fourth-order valence-corrected chi connectivity index (χ4v) is 2.85. The molecule has 28 heavy (non-hydrogen) atoms. The summed E-state index contributed by atoms with van der Waals surface area (Å²) in [5.74, 6) is 0.375. The zero-order valence-electron chi connectivity index (χ0n) is 15.3. The first-order valence-electron chi connectivity index (χ1n) is 8.74. The Hall–Kier alpha value is -3.19. The highest BCUT2D eigenvalue weighted by Gasteiger charge is 2.17. The quantitative estimate of drug-likeness (QED) is 0.641. The molecule has 144 valence electrons. The first-order valence-corrected chi connectivity index (χ1v) is 9.11. The minimum absolute atomic E-state index is 0.127. The molecule has 0 aliphatic carbocycles. The number of nitrogens with one attached hydrogen (secondary N) is 2. The molecule has 0 bridgehead atoms. The summed E-state index contributed by atoms with van der Waals surface area (Å²) in [6.45, 7) is 1.78. The molecule has 0 fully saturated rings. The average molecular weight is 398 g/mol. The van der Waals surface area contributed by atoms with E-state index in [1.165, 1.54) is 6.92 Å². The van der Waals surface area contributed by atoms with Crippen LogP contribution in [0.4, 0.5) is 0 Å². The minimum atomic E-state index is -0.420. The SMILES string of the molecule is CC(=O)NC(CC(=O)NCc1ccc(-n2ccnc2)nc1)c1ccc(Cl)cc1. The summed E-state index contributed by atoms with van der Waals surface area (Å²) in [5.41, 5.74) is 1.70. The van der Waals surface area contributed by atoms with E-state index in [1.54, 1.807) is 47.6 Å². The van der Waals surface area contributed by atoms with E-state index in [9.17, 15) is 9.59 Å². The number of halogens is 1. The highest BCUT2D eigenvalue weighted by atomic mass is 35.5. The van der Waals surface area contributed by atoms with Gasteiger partial charge in [-0.25, -0.2) is 9.97 Å². The minimum Gasteiger partial charge on any atom is -0.352 e. The van der Waals surface area contributed by atoms with Gasteiger partial charge in [-0.15, -0.1) is 0 Å². The molecule has 2 heterocycles. The molecule has 0 spiro atoms. The first-order chi connectivity index (χ1) is 13.5. The van der Waals surface area contributed by atoms with Crippen molar-refractivity contribution in [3.8, 4) is 5.82 Å². The fourth-order valence-electron chi connectivity index (χ4n) is 2.72. The Morgan fingerprint density at radius 3 is 2.57 bits per heavy atom. The van der Waals surface area contributed by atoms with Crippen LogP contribution in [0, 0.1) is 0 Å². The van der Waals surface area contributed by atoms with Crippen molar-refractivity contribution >= 4 is 23.4 Å². The molecule has 0 aliphatic rings. The number of carbonyl (C=O) groups excluding carboxylic acids is 2. The number of imidazole rings is 1. The molecule has 2 amide bonds. The predicted molar refractivity (Wildman–Crippen MR) is 106 cm³/mol. The van der Waals surface area contributed by atoms with E-state index < -0.39 is 6.04 Å². The zero-order valence-corrected chi connectivity index (χ0v) is 16.1. The molecule has 0 saturated heterocycles. The Bertz CT molecular complexity index is 924. The van der Waals surface area contributed by atoms with Crippen LogP contribution in [0.15, 0.2) is 61.3 Å². The monoisotopic (exact) mass is 397 g/mol. The summed E-state index contributed by atoms with van der Waals surface area (Å²) in [6.07, 6.45) is 7.00. The van der Waals surface area contributed by atoms with Gasteiger partial charge >= 0.3 is 0 Å². The van der Waals surface area contributed by atoms with E-state index in [-0.39, 0.29) is 18.2 Å². The Morgan fingerprint density at radius 1 is 1.18 bits per heavy atom. The van der Waals surface area contributed by atoms with Crippen molar-refractivity contribution in [3.63, 3.8) is 0 Å². The number of hydrogen-bond donors (Lipinski definition) is 2. The summed E-state index contributed by atoms with van der Waals surface area (Å²) < 4.78 is 1.80. The molecule has 1 unspecified atom stereocenters. The summed E-state index contributed by atoms with van der Waals surface area (Å²) in [5, 5.41) is 6.27. The predicted octanol–water partition coefficient (Wildman–Crippen LogP) is 2.80. The summed E-state index contributed by atoms with van der Waals surface area (Å²) >= 11 is 5.91. The Morgan fingerprint density at radius 2 is 1.96 bits per heavy atom. The third-order valence-electron chi connectivity index (χ3n) is 4.11. The first kappa shape index (κ1) is 19.6. The lowest BCUT2D eigenvalue weighted by molar-refractivity contribution is -0.122. The van der Waals surface area contributed by atoms with Crippen LogP contribution in [-0.2, 0) is 16.1 Å². The van der Waals surface area contributed by atoms with Crippen LogP contribution in [-0.4, -0.2) is 26.3 Å². The van der Waals surface area contributed by atoms with Crippen molar-refractivity contribution in [1.29, 1.82) is 0 Å². The molecule has 7 nitrogen and oxygen atoms in total. The maximum absolute atomic E-state index is 12.4. The molecular formula is C20H20ClN5O2. The van der Waals surface area contributed by atoms with Crippen molar-refractivity contribution in [3.05, 3.63) is 77.5 Å². The van der Waals surface area contributed by atoms with E-state index in [4.69, 9.17) is 11.6 Å². The van der Waals surface area contributed by atoms with E-state index in [0.29, 0.717) is 11.6 Å². The number of hydrogen-bond acceptors (Lipinski definition) is 4. The van der Waals surface area contributed by atoms with E-state index in [1.807, 2.05) is 18.3 Å². The molecule has 3 rings (SSSR count). The van der Waals surface area contributed by atoms with Gasteiger partial charge in [0.05, 0.1) is 12.5 Å². The van der Waals surface area contributed by atoms with Crippen LogP contribution < -0.4 is 10.6 Å². The maximum Gasteiger partial charge on any atom is 0.222 e. The molecule has 0 saturated carbocycles. The van der Waals surface area contributed by atoms with E-state index in [0.717, 1.165) is 16.9 Å². The van der Waals surface area contributed by atoms with Crippen molar-refractivity contribution in [1.82, 2.24) is 25.2 Å². The van der Waals surface area contributed by atoms with Crippen molar-refractivity contribution in [2.24, 2.45) is 0 Å². The smallest absolute Gasteiger partial charge is 0.222 e. The van der Waals surface area contributed by atoms with Crippen molar-refractivity contribution in [2.75, 3.05) is 0 Å². The van der Waals surface area contributed by atoms with Crippen LogP contribution in [0.3, 0.4) is 0 Å². The summed E-state index contributed by atoms with van der Waals surface area (Å²) in [6, 6.07) is 10.4. The second-order valence-electron chi connectivity index (χ2n) is 6.28. The van der Waals surface area contributed by atoms with Gasteiger partial charge in [0.25, 0.3) is 0 Å². The normalized spacial score (nSPS) is 11.6. The van der Waals surface area contributed by atoms with Crippen molar-refractivity contribution in [2.45, 2.75) is 25.9 Å². The summed E-state index contributed by atoms with van der Waals surface area (Å²) in [7, 11) is 0. The van der Waals surface area contributed by atoms with Crippen LogP contribution >= 0.6 is 11.6 Å². The van der Waals surface area contributed by atoms with Gasteiger partial charge in [-0.2, -0.15) is 0 Å². The molecule has 3 aromatic rings. The average Bonchev–Trinajstić information content (AvgIpc) is 3.21. The molecule has 1 aromatic carbocycles. The lowest BCUT2D eigenvalue weighted by Gasteiger charge is -2.18. The third kappa shape index (κ3) is 5.40. The second-order valence-corrected chi connectivity index (χ2v) is 6.72. The van der Waals surface area contributed by atoms with Gasteiger partial charge in [0.1, 0.15) is 12.1 Å². The molecule has 0 aliphatic heterocycles. The van der Waals surface area contributed by atoms with Gasteiger partial charge in [-0.3, -0.25) is 14.2 Å². The lowest BCUT2D eigenvalue weighted by Crippen LogP contribution is -2.32. The number of amides is 2. The van der Waals surface area contributed by atoms with Crippen LogP contribution in [0.5, 0.6) is 0 Å². The molecule has 2 N–H and O–H groups in total. The van der Waals surface area contributed by atoms with E-state index in [2.05, 4.69) is 20.6 Å². The largest absolute Gasteiger partial charge is 0.352 e. The van der Waals surface area contributed by atoms with Gasteiger partial charge in [0.15, 0.2) is 0 Å². The molecular weight excluding hydrogens is 378 g/mol. The van der Waals surface area contributed by atoms with Crippen LogP contribution in [0.2, 0.25) is 5.02 Å². The van der Waals surface area contributed by atoms with Crippen LogP contribution in [0.1, 0.15) is 30.5 Å². The second kappa shape index (κ2) is 9.14. The highest BCUT2D eigenvalue weighted by molar-refractivity contribution is 6.30. The lowest BCUT2D eigenvalue weighted by atomic mass is 10.0. The molecule has 2 aromatic heterocycles. The number of nitrogens with zero attached hydrogens (tertiary/aromatic N) is 3. The number of carbonyl (C=O) groups is 2. The van der Waals surface area contributed by atoms with Gasteiger partial charge in [0.2, 0.25) is 11.8 Å². The van der Waals surface area contributed by atoms with Gasteiger partial charge in [-0.05, 0) is 29.3 Å². The maximum atomic E-state index is 12.4. The Kier molecular flexibility index (Phi) is 6.39. The van der Waals surface area contributed by atoms with Crippen LogP contribution in [0.25, 0.3) is 5.82 Å². The zero-order chi connectivity index (χ0) is 19.9. The standard InChI is InChI=1S/C20H20ClN5O2/c1-14(27)25-18(16-3-5-17(21)6-4-16)10-20(28)24-12-15-2-7-19(23-11-15)26-9-8-22-13-26/h2-9,11,13,18H,10,12H2,1H3,(H,24,28)(H,25,27). The fraction of sp³-hybridized carbons (Fsp3) is 0.200. The van der Waals surface area contributed by atoms with Crippen molar-refractivity contribution < 1.29 is 9.59 Å². The van der Waals surface area contributed by atoms with E-state index >= 15 is 0 Å². The van der Waals surface area contributed by atoms with Gasteiger partial charge in [-0.1, -0.05) is 29.8 Å². The number of aromatic nitrogens is 3. The Balaban J connectivity index is 1.58. The number of pyridine rings is 1. The third-order valence-corrected chi connectivity index (χ3v) is 4.36.